The number of benzene rings is 2. The third-order valence-corrected chi connectivity index (χ3v) is 10.4. The molecule has 194 valence electrons. The number of halogens is 2. The highest BCUT2D eigenvalue weighted by Crippen LogP contribution is 2.45. The van der Waals surface area contributed by atoms with E-state index in [9.17, 15) is 19.2 Å². The normalized spacial score (nSPS) is 27.6. The molecule has 5 atom stereocenters. The molecule has 0 unspecified atom stereocenters. The lowest BCUT2D eigenvalue weighted by Crippen LogP contribution is -2.34. The van der Waals surface area contributed by atoms with Gasteiger partial charge < -0.3 is 9.64 Å². The molecule has 2 heterocycles. The molecule has 5 rings (SSSR count). The van der Waals surface area contributed by atoms with Gasteiger partial charge in [-0.3, -0.25) is 19.2 Å². The molecule has 0 aromatic heterocycles. The number of fused-ring (bicyclic) bond motifs is 1. The second-order valence-electron chi connectivity index (χ2n) is 10.0. The van der Waals surface area contributed by atoms with E-state index in [2.05, 4.69) is 38.8 Å². The number of hydrogen-bond acceptors (Lipinski definition) is 5. The van der Waals surface area contributed by atoms with E-state index >= 15 is 0 Å². The monoisotopic (exact) mass is 630 g/mol. The van der Waals surface area contributed by atoms with Gasteiger partial charge in [0, 0.05) is 28.3 Å². The molecular formula is C28H28Br2N2O5. The van der Waals surface area contributed by atoms with Crippen molar-refractivity contribution in [1.82, 2.24) is 0 Å². The van der Waals surface area contributed by atoms with E-state index in [1.807, 2.05) is 24.3 Å². The zero-order chi connectivity index (χ0) is 26.4. The smallest absolute Gasteiger partial charge is 0.316 e. The number of nitrogens with zero attached hydrogens (tertiary/aromatic N) is 2. The number of ether oxygens (including phenoxy) is 1. The summed E-state index contributed by atoms with van der Waals surface area (Å²) >= 11 is 7.23. The Kier molecular flexibility index (Phi) is 7.29. The standard InChI is InChI=1S/C28H28Br2N2O5/c1-3-16-4-6-18(7-5-16)31-14-17(11-25(31)33)28(36)37-19-8-9-24(15(2)10-19)32-26(34)20-12-22(29)23(30)13-21(20)27(32)35/h4-10,17,20-23H,3,11-14H2,1-2H3/t17-,20-,21+,22+,23-/m1/s1. The van der Waals surface area contributed by atoms with Crippen molar-refractivity contribution in [1.29, 1.82) is 0 Å². The average molecular weight is 632 g/mol. The minimum absolute atomic E-state index is 0.0914. The molecular weight excluding hydrogens is 604 g/mol. The number of anilines is 2. The maximum absolute atomic E-state index is 13.2. The number of carbonyl (C=O) groups is 4. The van der Waals surface area contributed by atoms with Crippen LogP contribution in [0.2, 0.25) is 0 Å². The van der Waals surface area contributed by atoms with Crippen LogP contribution in [-0.2, 0) is 25.6 Å². The van der Waals surface area contributed by atoms with Crippen LogP contribution in [0, 0.1) is 24.7 Å². The molecule has 3 fully saturated rings. The van der Waals surface area contributed by atoms with E-state index in [-0.39, 0.29) is 52.2 Å². The van der Waals surface area contributed by atoms with Crippen LogP contribution in [0.15, 0.2) is 42.5 Å². The van der Waals surface area contributed by atoms with Gasteiger partial charge in [0.2, 0.25) is 17.7 Å². The molecule has 0 N–H and O–H groups in total. The van der Waals surface area contributed by atoms with Crippen LogP contribution in [-0.4, -0.2) is 39.9 Å². The Morgan fingerprint density at radius 3 is 2.16 bits per heavy atom. The Balaban J connectivity index is 1.27. The van der Waals surface area contributed by atoms with Gasteiger partial charge in [-0.25, -0.2) is 4.90 Å². The highest BCUT2D eigenvalue weighted by Gasteiger charge is 2.52. The topological polar surface area (TPSA) is 84.0 Å². The number of carbonyl (C=O) groups excluding carboxylic acids is 4. The largest absolute Gasteiger partial charge is 0.426 e. The highest BCUT2D eigenvalue weighted by atomic mass is 79.9. The summed E-state index contributed by atoms with van der Waals surface area (Å²) in [6.07, 6.45) is 2.22. The second kappa shape index (κ2) is 10.3. The zero-order valence-electron chi connectivity index (χ0n) is 20.7. The number of rotatable bonds is 5. The summed E-state index contributed by atoms with van der Waals surface area (Å²) in [4.78, 5) is 55.0. The van der Waals surface area contributed by atoms with Crippen LogP contribution in [0.3, 0.4) is 0 Å². The van der Waals surface area contributed by atoms with Crippen molar-refractivity contribution in [3.8, 4) is 5.75 Å². The molecule has 2 aromatic carbocycles. The number of aryl methyl sites for hydroxylation is 2. The Morgan fingerprint density at radius 1 is 0.973 bits per heavy atom. The first-order valence-electron chi connectivity index (χ1n) is 12.6. The van der Waals surface area contributed by atoms with Gasteiger partial charge in [-0.2, -0.15) is 0 Å². The summed E-state index contributed by atoms with van der Waals surface area (Å²) in [5.74, 6) is -1.85. The van der Waals surface area contributed by atoms with Crippen LogP contribution < -0.4 is 14.5 Å². The number of alkyl halides is 2. The first-order chi connectivity index (χ1) is 17.7. The molecule has 3 aliphatic rings. The number of esters is 1. The lowest BCUT2D eigenvalue weighted by Gasteiger charge is -2.29. The highest BCUT2D eigenvalue weighted by molar-refractivity contribution is 9.12. The lowest BCUT2D eigenvalue weighted by molar-refractivity contribution is -0.139. The van der Waals surface area contributed by atoms with E-state index < -0.39 is 11.9 Å². The van der Waals surface area contributed by atoms with Crippen molar-refractivity contribution < 1.29 is 23.9 Å². The first kappa shape index (κ1) is 26.1. The van der Waals surface area contributed by atoms with Crippen molar-refractivity contribution in [2.75, 3.05) is 16.3 Å². The van der Waals surface area contributed by atoms with Crippen LogP contribution >= 0.6 is 31.9 Å². The molecule has 1 aliphatic carbocycles. The predicted octanol–water partition coefficient (Wildman–Crippen LogP) is 4.94. The third kappa shape index (κ3) is 4.88. The summed E-state index contributed by atoms with van der Waals surface area (Å²) in [5, 5.41) is 0. The molecule has 37 heavy (non-hydrogen) atoms. The van der Waals surface area contributed by atoms with Crippen LogP contribution in [0.25, 0.3) is 0 Å². The van der Waals surface area contributed by atoms with Gasteiger partial charge in [0.1, 0.15) is 5.75 Å². The van der Waals surface area contributed by atoms with Gasteiger partial charge in [-0.1, -0.05) is 50.9 Å². The van der Waals surface area contributed by atoms with Crippen molar-refractivity contribution >= 4 is 66.9 Å². The van der Waals surface area contributed by atoms with Gasteiger partial charge in [0.25, 0.3) is 0 Å². The lowest BCUT2D eigenvalue weighted by atomic mass is 9.81. The molecule has 0 spiro atoms. The molecule has 2 saturated heterocycles. The second-order valence-corrected chi connectivity index (χ2v) is 12.4. The molecule has 9 heteroatoms. The number of amides is 3. The Hall–Kier alpha value is -2.52. The summed E-state index contributed by atoms with van der Waals surface area (Å²) < 4.78 is 5.62. The van der Waals surface area contributed by atoms with Crippen LogP contribution in [0.1, 0.15) is 37.3 Å². The number of imide groups is 1. The summed E-state index contributed by atoms with van der Waals surface area (Å²) in [6.45, 7) is 4.13. The number of hydrogen-bond donors (Lipinski definition) is 0. The van der Waals surface area contributed by atoms with Gasteiger partial charge in [-0.05, 0) is 67.6 Å². The fourth-order valence-corrected chi connectivity index (χ4v) is 6.74. The van der Waals surface area contributed by atoms with Gasteiger partial charge in [0.15, 0.2) is 0 Å². The van der Waals surface area contributed by atoms with Crippen molar-refractivity contribution in [3.63, 3.8) is 0 Å². The fraction of sp³-hybridized carbons (Fsp3) is 0.429. The molecule has 2 aliphatic heterocycles. The first-order valence-corrected chi connectivity index (χ1v) is 14.4. The van der Waals surface area contributed by atoms with Crippen LogP contribution in [0.5, 0.6) is 5.75 Å². The van der Waals surface area contributed by atoms with Crippen molar-refractivity contribution in [3.05, 3.63) is 53.6 Å². The maximum atomic E-state index is 13.2. The third-order valence-electron chi connectivity index (χ3n) is 7.65. The Bertz CT molecular complexity index is 1240. The van der Waals surface area contributed by atoms with Crippen molar-refractivity contribution in [2.45, 2.75) is 49.2 Å². The molecule has 0 radical (unpaired) electrons. The van der Waals surface area contributed by atoms with E-state index in [1.165, 1.54) is 10.5 Å². The Morgan fingerprint density at radius 2 is 1.59 bits per heavy atom. The molecule has 0 bridgehead atoms. The SMILES string of the molecule is CCc1ccc(N2C[C@H](C(=O)Oc3ccc(N4C(=O)[C@H]5C[C@@H](Br)[C@@H](Br)C[C@H]5C4=O)c(C)c3)CC2=O)cc1. The van der Waals surface area contributed by atoms with E-state index in [0.717, 1.165) is 12.1 Å². The van der Waals surface area contributed by atoms with Crippen LogP contribution in [0.4, 0.5) is 11.4 Å². The van der Waals surface area contributed by atoms with E-state index in [1.54, 1.807) is 30.0 Å². The van der Waals surface area contributed by atoms with Crippen molar-refractivity contribution in [2.24, 2.45) is 17.8 Å². The van der Waals surface area contributed by atoms with Gasteiger partial charge >= 0.3 is 5.97 Å². The summed E-state index contributed by atoms with van der Waals surface area (Å²) in [6, 6.07) is 12.7. The van der Waals surface area contributed by atoms with Gasteiger partial charge in [-0.15, -0.1) is 0 Å². The fourth-order valence-electron chi connectivity index (χ4n) is 5.50. The molecule has 7 nitrogen and oxygen atoms in total. The van der Waals surface area contributed by atoms with E-state index in [0.29, 0.717) is 29.8 Å². The van der Waals surface area contributed by atoms with E-state index in [4.69, 9.17) is 4.74 Å². The summed E-state index contributed by atoms with van der Waals surface area (Å²) in [7, 11) is 0. The predicted molar refractivity (Wildman–Crippen MR) is 147 cm³/mol. The minimum Gasteiger partial charge on any atom is -0.426 e. The molecule has 2 aromatic rings. The summed E-state index contributed by atoms with van der Waals surface area (Å²) in [5.41, 5.74) is 3.13. The Labute approximate surface area is 232 Å². The molecule has 1 saturated carbocycles. The maximum Gasteiger partial charge on any atom is 0.316 e. The van der Waals surface area contributed by atoms with Gasteiger partial charge in [0.05, 0.1) is 23.4 Å². The minimum atomic E-state index is -0.572. The average Bonchev–Trinajstić information content (AvgIpc) is 3.37. The quantitative estimate of drug-likeness (QED) is 0.202. The zero-order valence-corrected chi connectivity index (χ0v) is 23.8. The molecule has 3 amide bonds.